The Morgan fingerprint density at radius 3 is 2.81 bits per heavy atom. The first kappa shape index (κ1) is 17.2. The van der Waals surface area contributed by atoms with Crippen LogP contribution in [0.25, 0.3) is 21.9 Å². The van der Waals surface area contributed by atoms with Crippen molar-refractivity contribution in [1.82, 2.24) is 9.97 Å². The fraction of sp³-hybridized carbons (Fsp3) is 0.238. The highest BCUT2D eigenvalue weighted by atomic mass is 32.1. The quantitative estimate of drug-likeness (QED) is 0.687. The van der Waals surface area contributed by atoms with Crippen LogP contribution in [0.3, 0.4) is 0 Å². The Morgan fingerprint density at radius 2 is 2.11 bits per heavy atom. The molecule has 1 unspecified atom stereocenters. The molecule has 132 valence electrons. The number of thiophene rings is 1. The number of aryl methyl sites for hydroxylation is 1. The van der Waals surface area contributed by atoms with Crippen molar-refractivity contribution in [3.8, 4) is 12.1 Å². The summed E-state index contributed by atoms with van der Waals surface area (Å²) < 4.78 is 0. The molecule has 0 saturated heterocycles. The summed E-state index contributed by atoms with van der Waals surface area (Å²) in [5, 5.41) is 19.1. The molecule has 2 heterocycles. The SMILES string of the molecule is CC1CCc2c(sc3nc(/C(C#N)=C/c4ccc(C#N)cc4)[nH]c(=O)c23)C1. The monoisotopic (exact) mass is 372 g/mol. The number of nitrogens with one attached hydrogen (secondary N) is 1. The van der Waals surface area contributed by atoms with E-state index in [0.29, 0.717) is 27.3 Å². The Kier molecular flexibility index (Phi) is 4.35. The van der Waals surface area contributed by atoms with Crippen molar-refractivity contribution in [2.24, 2.45) is 5.92 Å². The summed E-state index contributed by atoms with van der Waals surface area (Å²) in [5.41, 5.74) is 2.56. The molecule has 4 rings (SSSR count). The van der Waals surface area contributed by atoms with Crippen LogP contribution in [0, 0.1) is 28.6 Å². The van der Waals surface area contributed by atoms with Crippen molar-refractivity contribution >= 4 is 33.2 Å². The molecule has 2 aromatic heterocycles. The molecule has 0 bridgehead atoms. The predicted molar refractivity (Wildman–Crippen MR) is 106 cm³/mol. The summed E-state index contributed by atoms with van der Waals surface area (Å²) in [5.74, 6) is 0.904. The van der Waals surface area contributed by atoms with Gasteiger partial charge in [0, 0.05) is 4.88 Å². The van der Waals surface area contributed by atoms with Crippen molar-refractivity contribution in [2.45, 2.75) is 26.2 Å². The van der Waals surface area contributed by atoms with Crippen LogP contribution in [0.5, 0.6) is 0 Å². The molecule has 3 aromatic rings. The molecule has 27 heavy (non-hydrogen) atoms. The van der Waals surface area contributed by atoms with Crippen molar-refractivity contribution in [1.29, 1.82) is 10.5 Å². The van der Waals surface area contributed by atoms with Gasteiger partial charge in [0.05, 0.1) is 22.6 Å². The van der Waals surface area contributed by atoms with Crippen LogP contribution >= 0.6 is 11.3 Å². The number of benzene rings is 1. The van der Waals surface area contributed by atoms with Gasteiger partial charge in [0.2, 0.25) is 0 Å². The van der Waals surface area contributed by atoms with Crippen LogP contribution in [0.4, 0.5) is 0 Å². The summed E-state index contributed by atoms with van der Waals surface area (Å²) in [6.45, 7) is 2.23. The van der Waals surface area contributed by atoms with E-state index >= 15 is 0 Å². The number of rotatable bonds is 2. The third-order valence-corrected chi connectivity index (χ3v) is 6.04. The number of aromatic amines is 1. The second-order valence-corrected chi connectivity index (χ2v) is 7.93. The van der Waals surface area contributed by atoms with Gasteiger partial charge in [-0.2, -0.15) is 10.5 Å². The number of H-pyrrole nitrogens is 1. The maximum absolute atomic E-state index is 12.7. The number of fused-ring (bicyclic) bond motifs is 3. The molecule has 1 aliphatic carbocycles. The van der Waals surface area contributed by atoms with Crippen LogP contribution in [0.2, 0.25) is 0 Å². The molecule has 1 N–H and O–H groups in total. The van der Waals surface area contributed by atoms with Gasteiger partial charge in [-0.1, -0.05) is 19.1 Å². The highest BCUT2D eigenvalue weighted by molar-refractivity contribution is 7.18. The Bertz CT molecular complexity index is 1200. The minimum Gasteiger partial charge on any atom is -0.305 e. The standard InChI is InChI=1S/C21H16N4OS/c1-12-2-7-16-17(8-12)27-21-18(16)20(26)24-19(25-21)15(11-23)9-13-3-5-14(10-22)6-4-13/h3-6,9,12H,2,7-8H2,1H3,(H,24,25,26)/b15-9+. The van der Waals surface area contributed by atoms with Gasteiger partial charge < -0.3 is 4.98 Å². The number of nitrogens with zero attached hydrogens (tertiary/aromatic N) is 3. The van der Waals surface area contributed by atoms with Gasteiger partial charge in [-0.25, -0.2) is 4.98 Å². The minimum atomic E-state index is -0.178. The lowest BCUT2D eigenvalue weighted by Gasteiger charge is -2.17. The van der Waals surface area contributed by atoms with E-state index in [0.717, 1.165) is 30.4 Å². The van der Waals surface area contributed by atoms with Crippen LogP contribution in [0.15, 0.2) is 29.1 Å². The van der Waals surface area contributed by atoms with Gasteiger partial charge in [0.15, 0.2) is 5.82 Å². The molecule has 0 spiro atoms. The zero-order valence-corrected chi connectivity index (χ0v) is 15.6. The largest absolute Gasteiger partial charge is 0.305 e. The van der Waals surface area contributed by atoms with Gasteiger partial charge in [-0.05, 0) is 54.5 Å². The molecular formula is C21H16N4OS. The Hall–Kier alpha value is -3.22. The highest BCUT2D eigenvalue weighted by Gasteiger charge is 2.23. The summed E-state index contributed by atoms with van der Waals surface area (Å²) in [6, 6.07) is 11.1. The number of hydrogen-bond acceptors (Lipinski definition) is 5. The lowest BCUT2D eigenvalue weighted by molar-refractivity contribution is 0.509. The zero-order chi connectivity index (χ0) is 19.0. The number of hydrogen-bond donors (Lipinski definition) is 1. The number of aromatic nitrogens is 2. The lowest BCUT2D eigenvalue weighted by atomic mass is 9.89. The van der Waals surface area contributed by atoms with Crippen molar-refractivity contribution in [2.75, 3.05) is 0 Å². The molecule has 0 fully saturated rings. The van der Waals surface area contributed by atoms with E-state index in [1.165, 1.54) is 4.88 Å². The van der Waals surface area contributed by atoms with Gasteiger partial charge in [-0.15, -0.1) is 11.3 Å². The molecule has 1 aromatic carbocycles. The molecule has 0 saturated carbocycles. The third-order valence-electron chi connectivity index (χ3n) is 4.89. The zero-order valence-electron chi connectivity index (χ0n) is 14.7. The van der Waals surface area contributed by atoms with Gasteiger partial charge in [-0.3, -0.25) is 4.79 Å². The van der Waals surface area contributed by atoms with Gasteiger partial charge >= 0.3 is 0 Å². The number of allylic oxidation sites excluding steroid dienone is 1. The predicted octanol–water partition coefficient (Wildman–Crippen LogP) is 4.05. The van der Waals surface area contributed by atoms with Crippen LogP contribution in [-0.2, 0) is 12.8 Å². The second-order valence-electron chi connectivity index (χ2n) is 6.85. The molecule has 0 radical (unpaired) electrons. The average molecular weight is 372 g/mol. The molecule has 1 aliphatic rings. The molecule has 0 aliphatic heterocycles. The lowest BCUT2D eigenvalue weighted by Crippen LogP contribution is -2.14. The summed E-state index contributed by atoms with van der Waals surface area (Å²) in [7, 11) is 0. The maximum Gasteiger partial charge on any atom is 0.260 e. The van der Waals surface area contributed by atoms with E-state index < -0.39 is 0 Å². The first-order valence-corrected chi connectivity index (χ1v) is 9.57. The molecular weight excluding hydrogens is 356 g/mol. The van der Waals surface area contributed by atoms with E-state index in [1.54, 1.807) is 41.7 Å². The smallest absolute Gasteiger partial charge is 0.260 e. The average Bonchev–Trinajstić information content (AvgIpc) is 3.04. The second kappa shape index (κ2) is 6.83. The van der Waals surface area contributed by atoms with Crippen molar-refractivity contribution in [3.05, 3.63) is 62.0 Å². The van der Waals surface area contributed by atoms with E-state index in [9.17, 15) is 10.1 Å². The fourth-order valence-electron chi connectivity index (χ4n) is 3.45. The van der Waals surface area contributed by atoms with Gasteiger partial charge in [0.25, 0.3) is 5.56 Å². The van der Waals surface area contributed by atoms with E-state index in [2.05, 4.69) is 29.0 Å². The minimum absolute atomic E-state index is 0.178. The molecule has 0 amide bonds. The van der Waals surface area contributed by atoms with E-state index in [-0.39, 0.29) is 11.4 Å². The Balaban J connectivity index is 1.80. The third kappa shape index (κ3) is 3.16. The molecule has 1 atom stereocenters. The van der Waals surface area contributed by atoms with Crippen molar-refractivity contribution in [3.63, 3.8) is 0 Å². The first-order chi connectivity index (χ1) is 13.1. The van der Waals surface area contributed by atoms with E-state index in [4.69, 9.17) is 5.26 Å². The van der Waals surface area contributed by atoms with Crippen LogP contribution in [0.1, 0.15) is 40.7 Å². The normalized spacial score (nSPS) is 16.6. The number of nitriles is 2. The topological polar surface area (TPSA) is 93.3 Å². The highest BCUT2D eigenvalue weighted by Crippen LogP contribution is 2.35. The Morgan fingerprint density at radius 1 is 1.33 bits per heavy atom. The van der Waals surface area contributed by atoms with E-state index in [1.807, 2.05) is 0 Å². The first-order valence-electron chi connectivity index (χ1n) is 8.76. The van der Waals surface area contributed by atoms with Gasteiger partial charge in [0.1, 0.15) is 10.9 Å². The summed E-state index contributed by atoms with van der Waals surface area (Å²) >= 11 is 1.57. The van der Waals surface area contributed by atoms with Crippen LogP contribution in [-0.4, -0.2) is 9.97 Å². The summed E-state index contributed by atoms with van der Waals surface area (Å²) in [4.78, 5) is 22.0. The van der Waals surface area contributed by atoms with Crippen molar-refractivity contribution < 1.29 is 0 Å². The Labute approximate surface area is 160 Å². The molecule has 5 nitrogen and oxygen atoms in total. The summed E-state index contributed by atoms with van der Waals surface area (Å²) in [6.07, 6.45) is 4.65. The van der Waals surface area contributed by atoms with Crippen LogP contribution < -0.4 is 5.56 Å². The fourth-order valence-corrected chi connectivity index (χ4v) is 4.83. The molecule has 6 heteroatoms. The maximum atomic E-state index is 12.7.